The summed E-state index contributed by atoms with van der Waals surface area (Å²) in [6.07, 6.45) is 1.27. The van der Waals surface area contributed by atoms with Crippen molar-refractivity contribution in [2.45, 2.75) is 26.3 Å². The maximum Gasteiger partial charge on any atom is 0.407 e. The third-order valence-electron chi connectivity index (χ3n) is 5.88. The van der Waals surface area contributed by atoms with Crippen molar-refractivity contribution in [3.05, 3.63) is 96.2 Å². The fraction of sp³-hybridized carbons (Fsp3) is 0.233. The Hall–Kier alpha value is -4.39. The number of H-pyrrole nitrogens is 1. The average Bonchev–Trinajstić information content (AvgIpc) is 3.33. The number of benzene rings is 3. The van der Waals surface area contributed by atoms with Gasteiger partial charge >= 0.3 is 12.1 Å². The van der Waals surface area contributed by atoms with Gasteiger partial charge in [-0.05, 0) is 28.7 Å². The zero-order chi connectivity index (χ0) is 26.2. The molecule has 37 heavy (non-hydrogen) atoms. The number of esters is 1. The highest BCUT2D eigenvalue weighted by Gasteiger charge is 2.26. The zero-order valence-corrected chi connectivity index (χ0v) is 20.9. The molecule has 3 aromatic carbocycles. The van der Waals surface area contributed by atoms with Crippen LogP contribution in [0, 0.1) is 5.92 Å². The minimum absolute atomic E-state index is 0.149. The van der Waals surface area contributed by atoms with Crippen LogP contribution in [-0.4, -0.2) is 42.1 Å². The van der Waals surface area contributed by atoms with E-state index in [-0.39, 0.29) is 24.7 Å². The minimum Gasteiger partial charge on any atom is -0.456 e. The molecule has 7 heteroatoms. The van der Waals surface area contributed by atoms with Crippen LogP contribution in [0.3, 0.4) is 0 Å². The standard InChI is InChI=1S/C30H30N2O5/c1-20(2)18-37-30(35)32-27(16-24-17-31-26-11-7-6-10-25(24)26)29(34)36-19-28(33)23-14-12-22(13-15-23)21-8-4-3-5-9-21/h3-15,17,20,27,31H,16,18-19H2,1-2H3,(H,32,35)/t27-/m0/s1. The van der Waals surface area contributed by atoms with Gasteiger partial charge in [-0.1, -0.05) is 86.6 Å². The molecule has 0 saturated carbocycles. The van der Waals surface area contributed by atoms with Crippen LogP contribution in [0.2, 0.25) is 0 Å². The molecule has 7 nitrogen and oxygen atoms in total. The summed E-state index contributed by atoms with van der Waals surface area (Å²) in [6, 6.07) is 23.6. The second kappa shape index (κ2) is 12.0. The van der Waals surface area contributed by atoms with Crippen molar-refractivity contribution in [3.63, 3.8) is 0 Å². The molecule has 1 heterocycles. The molecule has 190 valence electrons. The maximum absolute atomic E-state index is 13.0. The number of hydrogen-bond donors (Lipinski definition) is 2. The Bertz CT molecular complexity index is 1360. The Morgan fingerprint density at radius 3 is 2.24 bits per heavy atom. The SMILES string of the molecule is CC(C)COC(=O)N[C@@H](Cc1c[nH]c2ccccc12)C(=O)OCC(=O)c1ccc(-c2ccccc2)cc1. The van der Waals surface area contributed by atoms with Gasteiger partial charge in [0.15, 0.2) is 12.4 Å². The van der Waals surface area contributed by atoms with Crippen LogP contribution in [-0.2, 0) is 20.7 Å². The topological polar surface area (TPSA) is 97.5 Å². The number of nitrogens with one attached hydrogen (secondary N) is 2. The summed E-state index contributed by atoms with van der Waals surface area (Å²) >= 11 is 0. The van der Waals surface area contributed by atoms with Crippen molar-refractivity contribution in [2.24, 2.45) is 5.92 Å². The third kappa shape index (κ3) is 6.85. The van der Waals surface area contributed by atoms with Crippen LogP contribution >= 0.6 is 0 Å². The number of ketones is 1. The number of Topliss-reactive ketones (excluding diaryl/α,β-unsaturated/α-hetero) is 1. The van der Waals surface area contributed by atoms with Gasteiger partial charge in [-0.25, -0.2) is 9.59 Å². The van der Waals surface area contributed by atoms with Gasteiger partial charge < -0.3 is 19.8 Å². The predicted molar refractivity (Wildman–Crippen MR) is 142 cm³/mol. The Labute approximate surface area is 215 Å². The quantitative estimate of drug-likeness (QED) is 0.221. The highest BCUT2D eigenvalue weighted by Crippen LogP contribution is 2.21. The van der Waals surface area contributed by atoms with E-state index < -0.39 is 24.7 Å². The maximum atomic E-state index is 13.0. The molecule has 2 N–H and O–H groups in total. The Balaban J connectivity index is 1.42. The van der Waals surface area contributed by atoms with E-state index in [1.807, 2.05) is 80.6 Å². The number of fused-ring (bicyclic) bond motifs is 1. The number of hydrogen-bond acceptors (Lipinski definition) is 5. The summed E-state index contributed by atoms with van der Waals surface area (Å²) < 4.78 is 10.6. The van der Waals surface area contributed by atoms with Crippen molar-refractivity contribution in [1.29, 1.82) is 0 Å². The first kappa shape index (κ1) is 25.7. The molecule has 0 spiro atoms. The normalized spacial score (nSPS) is 11.8. The lowest BCUT2D eigenvalue weighted by Crippen LogP contribution is -2.44. The second-order valence-electron chi connectivity index (χ2n) is 9.23. The van der Waals surface area contributed by atoms with Crippen LogP contribution in [0.1, 0.15) is 29.8 Å². The molecule has 1 amide bonds. The number of carbonyl (C=O) groups excluding carboxylic acids is 3. The minimum atomic E-state index is -1.02. The highest BCUT2D eigenvalue weighted by atomic mass is 16.6. The number of carbonyl (C=O) groups is 3. The van der Waals surface area contributed by atoms with Crippen molar-refractivity contribution >= 4 is 28.7 Å². The number of aromatic nitrogens is 1. The molecule has 0 unspecified atom stereocenters. The molecular formula is C30H30N2O5. The molecule has 0 aliphatic rings. The van der Waals surface area contributed by atoms with Gasteiger partial charge in [-0.2, -0.15) is 0 Å². The van der Waals surface area contributed by atoms with E-state index in [1.54, 1.807) is 18.3 Å². The fourth-order valence-corrected chi connectivity index (χ4v) is 3.94. The average molecular weight is 499 g/mol. The Morgan fingerprint density at radius 2 is 1.51 bits per heavy atom. The molecule has 4 aromatic rings. The molecule has 0 aliphatic heterocycles. The number of rotatable bonds is 10. The van der Waals surface area contributed by atoms with Gasteiger partial charge in [-0.15, -0.1) is 0 Å². The lowest BCUT2D eigenvalue weighted by molar-refractivity contribution is -0.144. The van der Waals surface area contributed by atoms with Gasteiger partial charge in [-0.3, -0.25) is 4.79 Å². The number of amides is 1. The summed E-state index contributed by atoms with van der Waals surface area (Å²) in [7, 11) is 0. The zero-order valence-electron chi connectivity index (χ0n) is 20.9. The van der Waals surface area contributed by atoms with E-state index in [9.17, 15) is 14.4 Å². The summed E-state index contributed by atoms with van der Waals surface area (Å²) in [5.74, 6) is -0.891. The van der Waals surface area contributed by atoms with Crippen LogP contribution in [0.4, 0.5) is 4.79 Å². The number of ether oxygens (including phenoxy) is 2. The van der Waals surface area contributed by atoms with E-state index >= 15 is 0 Å². The van der Waals surface area contributed by atoms with Crippen LogP contribution in [0.25, 0.3) is 22.0 Å². The first-order valence-electron chi connectivity index (χ1n) is 12.2. The smallest absolute Gasteiger partial charge is 0.407 e. The largest absolute Gasteiger partial charge is 0.456 e. The number of para-hydroxylation sites is 1. The van der Waals surface area contributed by atoms with Crippen LogP contribution in [0.5, 0.6) is 0 Å². The molecule has 0 aliphatic carbocycles. The van der Waals surface area contributed by atoms with E-state index in [0.717, 1.165) is 27.6 Å². The lowest BCUT2D eigenvalue weighted by Gasteiger charge is -2.18. The third-order valence-corrected chi connectivity index (χ3v) is 5.88. The molecule has 1 atom stereocenters. The summed E-state index contributed by atoms with van der Waals surface area (Å²) in [4.78, 5) is 41.2. The van der Waals surface area contributed by atoms with E-state index in [0.29, 0.717) is 5.56 Å². The van der Waals surface area contributed by atoms with Crippen molar-refractivity contribution < 1.29 is 23.9 Å². The highest BCUT2D eigenvalue weighted by molar-refractivity contribution is 5.98. The molecule has 0 saturated heterocycles. The number of aromatic amines is 1. The van der Waals surface area contributed by atoms with E-state index in [4.69, 9.17) is 9.47 Å². The Kier molecular flexibility index (Phi) is 8.36. The number of alkyl carbamates (subject to hydrolysis) is 1. The Morgan fingerprint density at radius 1 is 0.838 bits per heavy atom. The first-order valence-corrected chi connectivity index (χ1v) is 12.2. The van der Waals surface area contributed by atoms with Gasteiger partial charge in [0.05, 0.1) is 6.61 Å². The predicted octanol–water partition coefficient (Wildman–Crippen LogP) is 5.55. The summed E-state index contributed by atoms with van der Waals surface area (Å²) in [5.41, 5.74) is 4.22. The van der Waals surface area contributed by atoms with Gasteiger partial charge in [0, 0.05) is 29.1 Å². The summed E-state index contributed by atoms with van der Waals surface area (Å²) in [5, 5.41) is 3.54. The monoisotopic (exact) mass is 498 g/mol. The van der Waals surface area contributed by atoms with Crippen LogP contribution < -0.4 is 5.32 Å². The van der Waals surface area contributed by atoms with Gasteiger partial charge in [0.25, 0.3) is 0 Å². The molecule has 0 bridgehead atoms. The second-order valence-corrected chi connectivity index (χ2v) is 9.23. The molecule has 1 aromatic heterocycles. The first-order chi connectivity index (χ1) is 17.9. The molecule has 0 fully saturated rings. The summed E-state index contributed by atoms with van der Waals surface area (Å²) in [6.45, 7) is 3.63. The lowest BCUT2D eigenvalue weighted by atomic mass is 10.0. The van der Waals surface area contributed by atoms with E-state index in [1.165, 1.54) is 0 Å². The van der Waals surface area contributed by atoms with Crippen LogP contribution in [0.15, 0.2) is 85.1 Å². The van der Waals surface area contributed by atoms with Gasteiger partial charge in [0.1, 0.15) is 6.04 Å². The van der Waals surface area contributed by atoms with Crippen molar-refractivity contribution in [1.82, 2.24) is 10.3 Å². The molecule has 4 rings (SSSR count). The van der Waals surface area contributed by atoms with E-state index in [2.05, 4.69) is 10.3 Å². The molecular weight excluding hydrogens is 468 g/mol. The fourth-order valence-electron chi connectivity index (χ4n) is 3.94. The van der Waals surface area contributed by atoms with Gasteiger partial charge in [0.2, 0.25) is 0 Å². The molecule has 0 radical (unpaired) electrons. The van der Waals surface area contributed by atoms with Crippen molar-refractivity contribution in [2.75, 3.05) is 13.2 Å². The van der Waals surface area contributed by atoms with Crippen molar-refractivity contribution in [3.8, 4) is 11.1 Å².